The van der Waals surface area contributed by atoms with Gasteiger partial charge < -0.3 is 20.3 Å². The van der Waals surface area contributed by atoms with E-state index in [2.05, 4.69) is 27.4 Å². The summed E-state index contributed by atoms with van der Waals surface area (Å²) in [5, 5.41) is 23.8. The highest BCUT2D eigenvalue weighted by atomic mass is 32.2. The van der Waals surface area contributed by atoms with Gasteiger partial charge in [-0.15, -0.1) is 18.3 Å². The van der Waals surface area contributed by atoms with Gasteiger partial charge in [0.15, 0.2) is 0 Å². The second-order valence-electron chi connectivity index (χ2n) is 14.4. The summed E-state index contributed by atoms with van der Waals surface area (Å²) in [4.78, 5) is 38.1. The lowest BCUT2D eigenvalue weighted by Gasteiger charge is -2.71. The first-order valence-corrected chi connectivity index (χ1v) is 16.2. The van der Waals surface area contributed by atoms with E-state index in [0.717, 1.165) is 19.3 Å². The molecule has 5 aliphatic rings. The molecule has 7 nitrogen and oxygen atoms in total. The first kappa shape index (κ1) is 31.8. The monoisotopic (exact) mass is 615 g/mol. The number of Topliss-reactive ketones (excluding diaryl/α,β-unsaturated/α-hetero) is 1. The van der Waals surface area contributed by atoms with Crippen molar-refractivity contribution < 1.29 is 42.5 Å². The summed E-state index contributed by atoms with van der Waals surface area (Å²) >= 11 is 1.21. The summed E-state index contributed by atoms with van der Waals surface area (Å²) in [6.07, 6.45) is -1.72. The number of hydrogen-bond donors (Lipinski definition) is 3. The van der Waals surface area contributed by atoms with Crippen LogP contribution < -0.4 is 5.32 Å². The van der Waals surface area contributed by atoms with Crippen LogP contribution in [0.5, 0.6) is 0 Å². The highest BCUT2D eigenvalue weighted by molar-refractivity contribution is 8.00. The van der Waals surface area contributed by atoms with Crippen molar-refractivity contribution in [3.63, 3.8) is 0 Å². The van der Waals surface area contributed by atoms with Crippen molar-refractivity contribution in [2.75, 3.05) is 5.75 Å². The van der Waals surface area contributed by atoms with Gasteiger partial charge in [0.25, 0.3) is 0 Å². The molecule has 0 aliphatic heterocycles. The molecule has 0 aromatic rings. The third kappa shape index (κ3) is 4.66. The fourth-order valence-electron chi connectivity index (χ4n) is 10.1. The molecule has 5 saturated carbocycles. The third-order valence-corrected chi connectivity index (χ3v) is 13.8. The van der Waals surface area contributed by atoms with Crippen molar-refractivity contribution in [1.82, 2.24) is 5.32 Å². The molecule has 0 heterocycles. The Morgan fingerprint density at radius 1 is 1.19 bits per heavy atom. The molecule has 5 aliphatic carbocycles. The van der Waals surface area contributed by atoms with Gasteiger partial charge in [-0.05, 0) is 68.1 Å². The number of alkyl halides is 3. The number of ether oxygens (including phenoxy) is 1. The van der Waals surface area contributed by atoms with Crippen molar-refractivity contribution in [3.05, 3.63) is 12.7 Å². The first-order chi connectivity index (χ1) is 19.4. The van der Waals surface area contributed by atoms with Gasteiger partial charge in [0.1, 0.15) is 11.9 Å². The normalized spacial score (nSPS) is 48.3. The quantitative estimate of drug-likeness (QED) is 0.296. The average molecular weight is 616 g/mol. The van der Waals surface area contributed by atoms with Crippen molar-refractivity contribution >= 4 is 29.4 Å². The molecule has 3 N–H and O–H groups in total. The van der Waals surface area contributed by atoms with Crippen LogP contribution in [0.15, 0.2) is 12.7 Å². The minimum Gasteiger partial charge on any atom is -0.461 e. The van der Waals surface area contributed by atoms with E-state index in [1.807, 2.05) is 12.2 Å². The van der Waals surface area contributed by atoms with Gasteiger partial charge in [-0.25, -0.2) is 0 Å². The number of amides is 1. The Balaban J connectivity index is 1.31. The molecule has 1 amide bonds. The molecule has 236 valence electrons. The summed E-state index contributed by atoms with van der Waals surface area (Å²) in [6, 6.07) is -0.786. The number of rotatable bonds is 6. The number of aliphatic hydroxyl groups excluding tert-OH is 2. The summed E-state index contributed by atoms with van der Waals surface area (Å²) < 4.78 is 44.1. The number of ketones is 1. The number of carbonyl (C=O) groups is 3. The van der Waals surface area contributed by atoms with Gasteiger partial charge in [-0.1, -0.05) is 33.8 Å². The van der Waals surface area contributed by atoms with E-state index in [9.17, 15) is 37.8 Å². The molecule has 42 heavy (non-hydrogen) atoms. The Morgan fingerprint density at radius 3 is 2.50 bits per heavy atom. The van der Waals surface area contributed by atoms with Crippen molar-refractivity contribution in [1.29, 1.82) is 0 Å². The van der Waals surface area contributed by atoms with Crippen LogP contribution in [0.4, 0.5) is 13.2 Å². The van der Waals surface area contributed by atoms with Gasteiger partial charge in [0.05, 0.1) is 18.0 Å². The Kier molecular flexibility index (Phi) is 7.96. The highest BCUT2D eigenvalue weighted by Gasteiger charge is 2.81. The fraction of sp³-hybridized carbons (Fsp3) is 0.839. The predicted octanol–water partition coefficient (Wildman–Crippen LogP) is 4.59. The van der Waals surface area contributed by atoms with E-state index in [0.29, 0.717) is 25.0 Å². The van der Waals surface area contributed by atoms with Crippen LogP contribution in [0.25, 0.3) is 0 Å². The molecule has 0 aromatic heterocycles. The molecule has 5 rings (SSSR count). The number of aliphatic hydroxyl groups is 2. The summed E-state index contributed by atoms with van der Waals surface area (Å²) in [6.45, 7) is 12.4. The number of hydrogen-bond acceptors (Lipinski definition) is 7. The fourth-order valence-corrected chi connectivity index (χ4v) is 11.2. The molecule has 0 radical (unpaired) electrons. The second-order valence-corrected chi connectivity index (χ2v) is 15.6. The standard InChI is InChI=1S/C31H44F3NO6S/c1-6-27(4)13-22(41-23(38)14-42-20-8-7-18(11-19(20)36)35-26(40)31(32,33)34)28(5)16(2)12-30-15-29(25(28)30,10-9-21(30)37)17(3)24(27)39/h6,16-20,22,24-25,36,39H,1,7-15H2,2-5H3,(H,35,40)/t16?,17-,18+,19+,20?,22+,24-,25-,27+,28-,29+,30+/m0/s1. The molecule has 0 saturated heterocycles. The maximum Gasteiger partial charge on any atom is 0.471 e. The minimum atomic E-state index is -4.98. The number of halogens is 3. The molecular formula is C31H44F3NO6S. The Bertz CT molecular complexity index is 1150. The average Bonchev–Trinajstić information content (AvgIpc) is 3.10. The number of esters is 1. The third-order valence-electron chi connectivity index (χ3n) is 12.4. The molecule has 2 spiro atoms. The minimum absolute atomic E-state index is 0.0160. The van der Waals surface area contributed by atoms with Gasteiger partial charge in [-0.3, -0.25) is 14.4 Å². The van der Waals surface area contributed by atoms with Crippen LogP contribution in [0.1, 0.15) is 79.1 Å². The second kappa shape index (κ2) is 10.5. The van der Waals surface area contributed by atoms with Crippen LogP contribution in [0, 0.1) is 39.4 Å². The Hall–Kier alpha value is -1.59. The lowest BCUT2D eigenvalue weighted by atomic mass is 9.32. The first-order valence-electron chi connectivity index (χ1n) is 15.2. The van der Waals surface area contributed by atoms with E-state index in [-0.39, 0.29) is 47.0 Å². The van der Waals surface area contributed by atoms with E-state index in [1.54, 1.807) is 6.08 Å². The lowest BCUT2D eigenvalue weighted by Crippen LogP contribution is -2.71. The van der Waals surface area contributed by atoms with Crippen molar-refractivity contribution in [2.24, 2.45) is 39.4 Å². The van der Waals surface area contributed by atoms with E-state index < -0.39 is 58.7 Å². The topological polar surface area (TPSA) is 113 Å². The SMILES string of the molecule is C=C[C@]1(C)C[C@@H](OC(=O)CSC2CC[C@@H](NC(=O)C(F)(F)F)C[C@H]2O)[C@]2(C)C(C)C[C@@]34C[C@@](CCC3=O)([C@@H]42)[C@@H](C)[C@@H]1O. The van der Waals surface area contributed by atoms with Crippen LogP contribution in [0.2, 0.25) is 0 Å². The molecular weight excluding hydrogens is 571 g/mol. The largest absolute Gasteiger partial charge is 0.471 e. The molecule has 5 fully saturated rings. The summed E-state index contributed by atoms with van der Waals surface area (Å²) in [7, 11) is 0. The highest BCUT2D eigenvalue weighted by Crippen LogP contribution is 2.82. The molecule has 0 aromatic carbocycles. The lowest BCUT2D eigenvalue weighted by molar-refractivity contribution is -0.257. The zero-order valence-corrected chi connectivity index (χ0v) is 25.7. The van der Waals surface area contributed by atoms with Gasteiger partial charge in [-0.2, -0.15) is 13.2 Å². The van der Waals surface area contributed by atoms with Gasteiger partial charge in [0.2, 0.25) is 0 Å². The van der Waals surface area contributed by atoms with E-state index in [4.69, 9.17) is 4.74 Å². The van der Waals surface area contributed by atoms with Gasteiger partial charge >= 0.3 is 18.1 Å². The molecule has 2 bridgehead atoms. The summed E-state index contributed by atoms with van der Waals surface area (Å²) in [5.74, 6) is -2.13. The van der Waals surface area contributed by atoms with E-state index in [1.165, 1.54) is 11.8 Å². The van der Waals surface area contributed by atoms with Crippen LogP contribution in [0.3, 0.4) is 0 Å². The number of carbonyl (C=O) groups excluding carboxylic acids is 3. The van der Waals surface area contributed by atoms with Gasteiger partial charge in [0, 0.05) is 34.0 Å². The predicted molar refractivity (Wildman–Crippen MR) is 151 cm³/mol. The van der Waals surface area contributed by atoms with Crippen LogP contribution in [-0.4, -0.2) is 69.4 Å². The van der Waals surface area contributed by atoms with Crippen molar-refractivity contribution in [2.45, 2.75) is 115 Å². The molecule has 11 heteroatoms. The van der Waals surface area contributed by atoms with Crippen LogP contribution >= 0.6 is 11.8 Å². The smallest absolute Gasteiger partial charge is 0.461 e. The Morgan fingerprint density at radius 2 is 1.88 bits per heavy atom. The zero-order valence-electron chi connectivity index (χ0n) is 24.8. The molecule has 2 unspecified atom stereocenters. The number of nitrogens with one attached hydrogen (secondary N) is 1. The van der Waals surface area contributed by atoms with Crippen LogP contribution in [-0.2, 0) is 19.1 Å². The molecule has 12 atom stereocenters. The maximum atomic E-state index is 13.4. The maximum absolute atomic E-state index is 13.4. The van der Waals surface area contributed by atoms with Crippen molar-refractivity contribution in [3.8, 4) is 0 Å². The number of thioether (sulfide) groups is 1. The summed E-state index contributed by atoms with van der Waals surface area (Å²) in [5.41, 5.74) is -1.81. The zero-order chi connectivity index (χ0) is 31.0. The Labute approximate surface area is 249 Å². The van der Waals surface area contributed by atoms with E-state index >= 15 is 0 Å².